The Bertz CT molecular complexity index is 1740. The number of ether oxygens (including phenoxy) is 2. The minimum absolute atomic E-state index is 0.0411. The van der Waals surface area contributed by atoms with Gasteiger partial charge in [-0.25, -0.2) is 0 Å². The highest BCUT2D eigenvalue weighted by Gasteiger charge is 2.31. The van der Waals surface area contributed by atoms with Crippen LogP contribution in [0.4, 0.5) is 22.0 Å². The minimum Gasteiger partial charge on any atom is -0.435 e. The Morgan fingerprint density at radius 1 is 0.706 bits per heavy atom. The third kappa shape index (κ3) is 10.6. The summed E-state index contributed by atoms with van der Waals surface area (Å²) in [6.07, 6.45) is 7.41. The molecular weight excluding hydrogens is 671 g/mol. The fourth-order valence-electron chi connectivity index (χ4n) is 7.24. The van der Waals surface area contributed by atoms with Gasteiger partial charge in [0.1, 0.15) is 22.9 Å². The zero-order chi connectivity index (χ0) is 36.5. The molecule has 0 spiro atoms. The number of halogens is 5. The Kier molecular flexibility index (Phi) is 12.9. The molecule has 0 bridgehead atoms. The standard InChI is InChI=1S/C19H23F3N2O2.C19H24F2N2O2/c1-2-24(12-13-6-4-3-5-7-13)18(25)17-11-14-10-15(26-19(20,21)22)8-9-16(14)23-17;1-2-23(12-13-6-4-3-5-7-13)18(24)17-11-14-10-15(25-19(20)21)8-9-16(14)22-17/h8-11,13,23H,2-7,12H2,1H3;8-11,13,19,22H,2-7,12H2,1H3. The van der Waals surface area contributed by atoms with Gasteiger partial charge < -0.3 is 29.2 Å². The first kappa shape index (κ1) is 38.0. The highest BCUT2D eigenvalue weighted by molar-refractivity contribution is 5.99. The van der Waals surface area contributed by atoms with E-state index in [1.807, 2.05) is 23.6 Å². The average molecular weight is 719 g/mol. The highest BCUT2D eigenvalue weighted by atomic mass is 19.4. The summed E-state index contributed by atoms with van der Waals surface area (Å²) in [4.78, 5) is 35.4. The van der Waals surface area contributed by atoms with E-state index in [1.54, 1.807) is 18.2 Å². The van der Waals surface area contributed by atoms with E-state index in [0.29, 0.717) is 52.6 Å². The monoisotopic (exact) mass is 718 g/mol. The first-order valence-corrected chi connectivity index (χ1v) is 18.0. The summed E-state index contributed by atoms with van der Waals surface area (Å²) >= 11 is 0. The lowest BCUT2D eigenvalue weighted by Crippen LogP contribution is -2.36. The number of hydrogen-bond donors (Lipinski definition) is 2. The Hall–Kier alpha value is -4.29. The highest BCUT2D eigenvalue weighted by Crippen LogP contribution is 2.29. The van der Waals surface area contributed by atoms with Gasteiger partial charge in [-0.05, 0) is 99.9 Å². The van der Waals surface area contributed by atoms with Crippen molar-refractivity contribution < 1.29 is 41.0 Å². The lowest BCUT2D eigenvalue weighted by Gasteiger charge is -2.28. The molecule has 0 atom stereocenters. The molecule has 2 saturated carbocycles. The molecule has 2 N–H and O–H groups in total. The molecule has 6 rings (SSSR count). The molecule has 8 nitrogen and oxygen atoms in total. The summed E-state index contributed by atoms with van der Waals surface area (Å²) in [6.45, 7) is 3.84. The van der Waals surface area contributed by atoms with Crippen molar-refractivity contribution in [2.45, 2.75) is 91.0 Å². The van der Waals surface area contributed by atoms with Crippen LogP contribution in [0.3, 0.4) is 0 Å². The summed E-state index contributed by atoms with van der Waals surface area (Å²) in [5.41, 5.74) is 2.22. The second kappa shape index (κ2) is 17.3. The Balaban J connectivity index is 0.000000198. The molecule has 0 saturated heterocycles. The number of aromatic nitrogens is 2. The molecule has 2 aliphatic carbocycles. The normalized spacial score (nSPS) is 15.8. The molecule has 4 aromatic rings. The van der Waals surface area contributed by atoms with Crippen LogP contribution in [0.1, 0.15) is 99.0 Å². The van der Waals surface area contributed by atoms with E-state index in [-0.39, 0.29) is 23.3 Å². The van der Waals surface area contributed by atoms with Gasteiger partial charge in [0.25, 0.3) is 11.8 Å². The maximum absolute atomic E-state index is 12.8. The fraction of sp³-hybridized carbons (Fsp3) is 0.526. The second-order valence-corrected chi connectivity index (χ2v) is 13.5. The number of benzene rings is 2. The molecular formula is C38H47F5N4O4. The number of H-pyrrole nitrogens is 2. The molecule has 2 heterocycles. The number of hydrogen-bond acceptors (Lipinski definition) is 4. The van der Waals surface area contributed by atoms with E-state index in [0.717, 1.165) is 31.4 Å². The first-order chi connectivity index (χ1) is 24.4. The van der Waals surface area contributed by atoms with Crippen LogP contribution in [-0.4, -0.2) is 70.7 Å². The Labute approximate surface area is 294 Å². The summed E-state index contributed by atoms with van der Waals surface area (Å²) in [5, 5.41) is 1.21. The molecule has 51 heavy (non-hydrogen) atoms. The van der Waals surface area contributed by atoms with E-state index < -0.39 is 13.0 Å². The largest absolute Gasteiger partial charge is 0.573 e. The molecule has 2 aromatic carbocycles. The number of carbonyl (C=O) groups excluding carboxylic acids is 2. The summed E-state index contributed by atoms with van der Waals surface area (Å²) in [5.74, 6) is 0.748. The minimum atomic E-state index is -4.73. The topological polar surface area (TPSA) is 90.7 Å². The zero-order valence-electron chi connectivity index (χ0n) is 29.2. The van der Waals surface area contributed by atoms with E-state index in [2.05, 4.69) is 19.4 Å². The number of nitrogens with one attached hydrogen (secondary N) is 2. The third-order valence-corrected chi connectivity index (χ3v) is 9.85. The molecule has 2 aromatic heterocycles. The number of amides is 2. The van der Waals surface area contributed by atoms with Crippen molar-refractivity contribution >= 4 is 33.6 Å². The van der Waals surface area contributed by atoms with Gasteiger partial charge in [0.2, 0.25) is 0 Å². The van der Waals surface area contributed by atoms with Crippen LogP contribution in [0.2, 0.25) is 0 Å². The van der Waals surface area contributed by atoms with Gasteiger partial charge in [-0.15, -0.1) is 13.2 Å². The molecule has 2 aliphatic rings. The molecule has 278 valence electrons. The predicted octanol–water partition coefficient (Wildman–Crippen LogP) is 9.92. The maximum atomic E-state index is 12.8. The quantitative estimate of drug-likeness (QED) is 0.151. The van der Waals surface area contributed by atoms with Crippen molar-refractivity contribution in [3.8, 4) is 11.5 Å². The molecule has 2 amide bonds. The molecule has 0 aliphatic heterocycles. The van der Waals surface area contributed by atoms with Crippen molar-refractivity contribution in [3.63, 3.8) is 0 Å². The van der Waals surface area contributed by atoms with Crippen molar-refractivity contribution in [1.82, 2.24) is 19.8 Å². The van der Waals surface area contributed by atoms with E-state index in [1.165, 1.54) is 81.7 Å². The molecule has 13 heteroatoms. The zero-order valence-corrected chi connectivity index (χ0v) is 29.2. The van der Waals surface area contributed by atoms with E-state index in [9.17, 15) is 31.5 Å². The van der Waals surface area contributed by atoms with Gasteiger partial charge in [0.15, 0.2) is 0 Å². The van der Waals surface area contributed by atoms with Crippen molar-refractivity contribution in [3.05, 3.63) is 59.9 Å². The van der Waals surface area contributed by atoms with E-state index in [4.69, 9.17) is 0 Å². The number of alkyl halides is 5. The van der Waals surface area contributed by atoms with Crippen LogP contribution >= 0.6 is 0 Å². The van der Waals surface area contributed by atoms with Gasteiger partial charge in [0, 0.05) is 48.0 Å². The first-order valence-electron chi connectivity index (χ1n) is 18.0. The smallest absolute Gasteiger partial charge is 0.435 e. The lowest BCUT2D eigenvalue weighted by molar-refractivity contribution is -0.274. The van der Waals surface area contributed by atoms with Crippen LogP contribution in [0.15, 0.2) is 48.5 Å². The van der Waals surface area contributed by atoms with Gasteiger partial charge in [-0.2, -0.15) is 8.78 Å². The van der Waals surface area contributed by atoms with Crippen LogP contribution < -0.4 is 9.47 Å². The fourth-order valence-corrected chi connectivity index (χ4v) is 7.24. The number of nitrogens with zero attached hydrogens (tertiary/aromatic N) is 2. The van der Waals surface area contributed by atoms with Gasteiger partial charge in [-0.3, -0.25) is 9.59 Å². The summed E-state index contributed by atoms with van der Waals surface area (Å²) < 4.78 is 70.1. The molecule has 2 fully saturated rings. The lowest BCUT2D eigenvalue weighted by atomic mass is 9.89. The van der Waals surface area contributed by atoms with Crippen molar-refractivity contribution in [2.75, 3.05) is 26.2 Å². The van der Waals surface area contributed by atoms with Crippen LogP contribution in [0, 0.1) is 11.8 Å². The Morgan fingerprint density at radius 2 is 1.14 bits per heavy atom. The predicted molar refractivity (Wildman–Crippen MR) is 186 cm³/mol. The maximum Gasteiger partial charge on any atom is 0.573 e. The van der Waals surface area contributed by atoms with Crippen molar-refractivity contribution in [1.29, 1.82) is 0 Å². The van der Waals surface area contributed by atoms with Crippen LogP contribution in [0.25, 0.3) is 21.8 Å². The number of rotatable bonds is 11. The third-order valence-electron chi connectivity index (χ3n) is 9.85. The number of fused-ring (bicyclic) bond motifs is 2. The van der Waals surface area contributed by atoms with Gasteiger partial charge >= 0.3 is 13.0 Å². The second-order valence-electron chi connectivity index (χ2n) is 13.5. The van der Waals surface area contributed by atoms with Crippen LogP contribution in [-0.2, 0) is 0 Å². The summed E-state index contributed by atoms with van der Waals surface area (Å²) in [6, 6.07) is 12.0. The van der Waals surface area contributed by atoms with Gasteiger partial charge in [-0.1, -0.05) is 38.5 Å². The molecule has 0 radical (unpaired) electrons. The van der Waals surface area contributed by atoms with Crippen LogP contribution in [0.5, 0.6) is 11.5 Å². The van der Waals surface area contributed by atoms with E-state index >= 15 is 0 Å². The summed E-state index contributed by atoms with van der Waals surface area (Å²) in [7, 11) is 0. The average Bonchev–Trinajstić information content (AvgIpc) is 3.73. The number of aromatic amines is 2. The number of carbonyl (C=O) groups is 2. The SMILES string of the molecule is CCN(CC1CCCCC1)C(=O)c1cc2cc(OC(F)(F)F)ccc2[nH]1.CCN(CC1CCCCC1)C(=O)c1cc2cc(OC(F)F)ccc2[nH]1. The molecule has 0 unspecified atom stereocenters. The van der Waals surface area contributed by atoms with Gasteiger partial charge in [0.05, 0.1) is 0 Å². The van der Waals surface area contributed by atoms with Crippen molar-refractivity contribution in [2.24, 2.45) is 11.8 Å². The Morgan fingerprint density at radius 3 is 1.55 bits per heavy atom.